The molecule has 0 saturated heterocycles. The van der Waals surface area contributed by atoms with Crippen LogP contribution in [0.5, 0.6) is 0 Å². The first-order valence-electron chi connectivity index (χ1n) is 5.24. The van der Waals surface area contributed by atoms with E-state index in [9.17, 15) is 0 Å². The number of rotatable bonds is 2. The number of aromatic nitrogens is 3. The van der Waals surface area contributed by atoms with Gasteiger partial charge in [-0.25, -0.2) is 4.98 Å². The minimum Gasteiger partial charge on any atom is -0.371 e. The molecule has 5 nitrogen and oxygen atoms in total. The van der Waals surface area contributed by atoms with Gasteiger partial charge in [0.2, 0.25) is 5.95 Å². The third-order valence-corrected chi connectivity index (χ3v) is 2.37. The molecule has 1 aromatic heterocycles. The van der Waals surface area contributed by atoms with E-state index in [0.717, 1.165) is 0 Å². The molecule has 0 aliphatic heterocycles. The Kier molecular flexibility index (Phi) is 3.19. The Morgan fingerprint density at radius 3 is 1.88 bits per heavy atom. The van der Waals surface area contributed by atoms with Crippen molar-refractivity contribution in [1.82, 2.24) is 15.0 Å². The number of anilines is 1. The van der Waals surface area contributed by atoms with Gasteiger partial charge in [0.1, 0.15) is 11.4 Å². The summed E-state index contributed by atoms with van der Waals surface area (Å²) in [5.41, 5.74) is 4.97. The van der Waals surface area contributed by atoms with E-state index in [0.29, 0.717) is 11.6 Å². The zero-order valence-corrected chi connectivity index (χ0v) is 10.8. The molecule has 5 heteroatoms. The fraction of sp³-hybridized carbons (Fsp3) is 0.727. The molecule has 16 heavy (non-hydrogen) atoms. The molecule has 0 aliphatic carbocycles. The summed E-state index contributed by atoms with van der Waals surface area (Å²) in [7, 11) is 1.62. The number of nitrogens with two attached hydrogens (primary N) is 1. The van der Waals surface area contributed by atoms with Gasteiger partial charge in [-0.1, -0.05) is 20.8 Å². The summed E-state index contributed by atoms with van der Waals surface area (Å²) in [6.45, 7) is 9.89. The molecule has 1 heterocycles. The second kappa shape index (κ2) is 3.97. The Morgan fingerprint density at radius 2 is 1.44 bits per heavy atom. The number of nitrogens with zero attached hydrogens (tertiary/aromatic N) is 3. The zero-order valence-electron chi connectivity index (χ0n) is 10.8. The molecule has 0 aromatic carbocycles. The third-order valence-electron chi connectivity index (χ3n) is 2.37. The summed E-state index contributed by atoms with van der Waals surface area (Å²) in [4.78, 5) is 12.7. The highest BCUT2D eigenvalue weighted by Crippen LogP contribution is 2.24. The van der Waals surface area contributed by atoms with Crippen molar-refractivity contribution in [2.45, 2.75) is 45.6 Å². The van der Waals surface area contributed by atoms with Crippen molar-refractivity contribution in [3.05, 3.63) is 11.6 Å². The van der Waals surface area contributed by atoms with Crippen LogP contribution in [-0.4, -0.2) is 22.1 Å². The van der Waals surface area contributed by atoms with Crippen LogP contribution in [0.4, 0.5) is 5.95 Å². The predicted molar refractivity (Wildman–Crippen MR) is 63.0 cm³/mol. The van der Waals surface area contributed by atoms with E-state index >= 15 is 0 Å². The van der Waals surface area contributed by atoms with Gasteiger partial charge < -0.3 is 10.5 Å². The van der Waals surface area contributed by atoms with Crippen LogP contribution in [0.3, 0.4) is 0 Å². The van der Waals surface area contributed by atoms with Crippen molar-refractivity contribution in [3.8, 4) is 0 Å². The van der Waals surface area contributed by atoms with Gasteiger partial charge in [0.25, 0.3) is 0 Å². The van der Waals surface area contributed by atoms with Gasteiger partial charge in [-0.2, -0.15) is 9.97 Å². The van der Waals surface area contributed by atoms with E-state index < -0.39 is 5.60 Å². The lowest BCUT2D eigenvalue weighted by Crippen LogP contribution is -2.27. The molecule has 0 unspecified atom stereocenters. The predicted octanol–water partition coefficient (Wildman–Crippen LogP) is 1.63. The van der Waals surface area contributed by atoms with E-state index in [1.54, 1.807) is 7.11 Å². The van der Waals surface area contributed by atoms with E-state index in [1.165, 1.54) is 0 Å². The first-order valence-corrected chi connectivity index (χ1v) is 5.24. The monoisotopic (exact) mass is 224 g/mol. The third kappa shape index (κ3) is 2.66. The Morgan fingerprint density at radius 1 is 0.938 bits per heavy atom. The van der Waals surface area contributed by atoms with Crippen molar-refractivity contribution < 1.29 is 4.74 Å². The molecule has 0 radical (unpaired) electrons. The van der Waals surface area contributed by atoms with Crippen molar-refractivity contribution in [3.63, 3.8) is 0 Å². The van der Waals surface area contributed by atoms with Crippen molar-refractivity contribution in [2.75, 3.05) is 12.8 Å². The van der Waals surface area contributed by atoms with Crippen LogP contribution in [-0.2, 0) is 15.8 Å². The number of ether oxygens (including phenoxy) is 1. The second-order valence-electron chi connectivity index (χ2n) is 5.31. The topological polar surface area (TPSA) is 73.9 Å². The van der Waals surface area contributed by atoms with Gasteiger partial charge in [0.05, 0.1) is 0 Å². The summed E-state index contributed by atoms with van der Waals surface area (Å²) in [6, 6.07) is 0. The normalized spacial score (nSPS) is 12.9. The molecular formula is C11H20N4O. The smallest absolute Gasteiger partial charge is 0.223 e. The van der Waals surface area contributed by atoms with Gasteiger partial charge >= 0.3 is 0 Å². The highest BCUT2D eigenvalue weighted by atomic mass is 16.5. The molecule has 0 fully saturated rings. The molecule has 1 aromatic rings. The Balaban J connectivity index is 3.29. The van der Waals surface area contributed by atoms with Crippen LogP contribution in [0.1, 0.15) is 46.3 Å². The van der Waals surface area contributed by atoms with Crippen molar-refractivity contribution >= 4 is 5.95 Å². The number of nitrogen functional groups attached to an aromatic ring is 1. The van der Waals surface area contributed by atoms with E-state index in [1.807, 2.05) is 34.6 Å². The number of methoxy groups -OCH3 is 1. The lowest BCUT2D eigenvalue weighted by atomic mass is 9.95. The molecule has 0 spiro atoms. The average molecular weight is 224 g/mol. The van der Waals surface area contributed by atoms with Crippen LogP contribution in [0, 0.1) is 0 Å². The lowest BCUT2D eigenvalue weighted by molar-refractivity contribution is 0.0110. The van der Waals surface area contributed by atoms with E-state index in [4.69, 9.17) is 10.5 Å². The van der Waals surface area contributed by atoms with Crippen molar-refractivity contribution in [1.29, 1.82) is 0 Å². The van der Waals surface area contributed by atoms with Crippen LogP contribution in [0.15, 0.2) is 0 Å². The van der Waals surface area contributed by atoms with Gasteiger partial charge in [0, 0.05) is 12.5 Å². The largest absolute Gasteiger partial charge is 0.371 e. The van der Waals surface area contributed by atoms with E-state index in [2.05, 4.69) is 15.0 Å². The highest BCUT2D eigenvalue weighted by molar-refractivity contribution is 5.20. The average Bonchev–Trinajstić information content (AvgIpc) is 2.15. The molecule has 1 rings (SSSR count). The van der Waals surface area contributed by atoms with Gasteiger partial charge in [-0.3, -0.25) is 0 Å². The zero-order chi connectivity index (χ0) is 12.6. The van der Waals surface area contributed by atoms with E-state index in [-0.39, 0.29) is 11.4 Å². The number of hydrogen-bond donors (Lipinski definition) is 1. The summed E-state index contributed by atoms with van der Waals surface area (Å²) in [6.07, 6.45) is 0. The van der Waals surface area contributed by atoms with Crippen LogP contribution in [0.25, 0.3) is 0 Å². The van der Waals surface area contributed by atoms with Crippen molar-refractivity contribution in [2.24, 2.45) is 0 Å². The Labute approximate surface area is 96.5 Å². The molecule has 0 atom stereocenters. The minimum atomic E-state index is -0.558. The van der Waals surface area contributed by atoms with Crippen LogP contribution < -0.4 is 5.73 Å². The maximum atomic E-state index is 5.69. The summed E-state index contributed by atoms with van der Waals surface area (Å²) >= 11 is 0. The maximum Gasteiger partial charge on any atom is 0.223 e. The highest BCUT2D eigenvalue weighted by Gasteiger charge is 2.27. The van der Waals surface area contributed by atoms with Gasteiger partial charge in [0.15, 0.2) is 5.82 Å². The minimum absolute atomic E-state index is 0.157. The molecule has 0 bridgehead atoms. The summed E-state index contributed by atoms with van der Waals surface area (Å²) < 4.78 is 5.34. The fourth-order valence-corrected chi connectivity index (χ4v) is 1.09. The molecule has 0 amide bonds. The standard InChI is InChI=1S/C11H20N4O/c1-10(2,3)7-13-8(11(4,5)16-6)15-9(12)14-7/h1-6H3,(H2,12,13,14,15). The summed E-state index contributed by atoms with van der Waals surface area (Å²) in [5, 5.41) is 0. The summed E-state index contributed by atoms with van der Waals surface area (Å²) in [5.74, 6) is 1.48. The maximum absolute atomic E-state index is 5.69. The molecule has 0 saturated carbocycles. The second-order valence-corrected chi connectivity index (χ2v) is 5.31. The quantitative estimate of drug-likeness (QED) is 0.826. The Hall–Kier alpha value is -1.23. The SMILES string of the molecule is COC(C)(C)c1nc(N)nc(C(C)(C)C)n1. The van der Waals surface area contributed by atoms with Gasteiger partial charge in [-0.05, 0) is 13.8 Å². The first kappa shape index (κ1) is 12.8. The fourth-order valence-electron chi connectivity index (χ4n) is 1.09. The van der Waals surface area contributed by atoms with Crippen LogP contribution >= 0.6 is 0 Å². The first-order chi connectivity index (χ1) is 7.16. The number of hydrogen-bond acceptors (Lipinski definition) is 5. The van der Waals surface area contributed by atoms with Crippen LogP contribution in [0.2, 0.25) is 0 Å². The molecule has 0 aliphatic rings. The molecule has 2 N–H and O–H groups in total. The molecule has 90 valence electrons. The Bertz CT molecular complexity index is 382. The van der Waals surface area contributed by atoms with Gasteiger partial charge in [-0.15, -0.1) is 0 Å². The molecular weight excluding hydrogens is 204 g/mol. The lowest BCUT2D eigenvalue weighted by Gasteiger charge is -2.24.